The van der Waals surface area contributed by atoms with Gasteiger partial charge in [-0.25, -0.2) is 4.39 Å². The lowest BCUT2D eigenvalue weighted by atomic mass is 10.2. The third-order valence-electron chi connectivity index (χ3n) is 4.22. The quantitative estimate of drug-likeness (QED) is 0.461. The molecule has 1 aliphatic heterocycles. The van der Waals surface area contributed by atoms with E-state index in [0.29, 0.717) is 0 Å². The summed E-state index contributed by atoms with van der Waals surface area (Å²) < 4.78 is 21.0. The molecule has 2 aromatic heterocycles. The zero-order chi connectivity index (χ0) is 22.1. The van der Waals surface area contributed by atoms with Gasteiger partial charge in [-0.05, 0) is 30.3 Å². The summed E-state index contributed by atoms with van der Waals surface area (Å²) in [6, 6.07) is 10.5. The van der Waals surface area contributed by atoms with E-state index in [1.807, 2.05) is 0 Å². The standard InChI is InChI=1S/C20H12FN3O5S2/c21-12-5-1-2-6-13(12)29-17-11(18(27)23-8-4-3-7-15(23)22-17)9-14-19(28)24(10-16(25)26)20(30)31-14/h1-9H,10H2,(H,25,26). The molecule has 11 heteroatoms. The Labute approximate surface area is 183 Å². The minimum absolute atomic E-state index is 0.0272. The number of carboxylic acids is 1. The molecule has 31 heavy (non-hydrogen) atoms. The molecule has 1 aliphatic rings. The van der Waals surface area contributed by atoms with Gasteiger partial charge in [0, 0.05) is 6.20 Å². The molecule has 0 spiro atoms. The maximum Gasteiger partial charge on any atom is 0.323 e. The van der Waals surface area contributed by atoms with Gasteiger partial charge in [-0.15, -0.1) is 0 Å². The first-order valence-corrected chi connectivity index (χ1v) is 9.98. The summed E-state index contributed by atoms with van der Waals surface area (Å²) in [4.78, 5) is 41.9. The summed E-state index contributed by atoms with van der Waals surface area (Å²) in [7, 11) is 0. The normalized spacial score (nSPS) is 15.1. The predicted octanol–water partition coefficient (Wildman–Crippen LogP) is 2.91. The van der Waals surface area contributed by atoms with Gasteiger partial charge in [-0.1, -0.05) is 42.2 Å². The number of carboxylic acid groups (broad SMARTS) is 1. The van der Waals surface area contributed by atoms with E-state index in [9.17, 15) is 18.8 Å². The van der Waals surface area contributed by atoms with Crippen LogP contribution in [0, 0.1) is 5.82 Å². The van der Waals surface area contributed by atoms with Crippen LogP contribution in [0.4, 0.5) is 4.39 Å². The molecule has 8 nitrogen and oxygen atoms in total. The third kappa shape index (κ3) is 4.05. The molecule has 3 heterocycles. The molecule has 3 aromatic rings. The molecule has 1 saturated heterocycles. The van der Waals surface area contributed by atoms with Crippen LogP contribution in [0.15, 0.2) is 58.4 Å². The van der Waals surface area contributed by atoms with Crippen LogP contribution in [0.1, 0.15) is 5.56 Å². The predicted molar refractivity (Wildman–Crippen MR) is 115 cm³/mol. The van der Waals surface area contributed by atoms with Crippen molar-refractivity contribution >= 4 is 51.9 Å². The van der Waals surface area contributed by atoms with Crippen molar-refractivity contribution in [3.8, 4) is 11.6 Å². The highest BCUT2D eigenvalue weighted by Gasteiger charge is 2.34. The van der Waals surface area contributed by atoms with Crippen molar-refractivity contribution in [3.63, 3.8) is 0 Å². The van der Waals surface area contributed by atoms with Crippen LogP contribution in [-0.2, 0) is 9.59 Å². The van der Waals surface area contributed by atoms with Gasteiger partial charge < -0.3 is 9.84 Å². The second-order valence-corrected chi connectivity index (χ2v) is 7.93. The van der Waals surface area contributed by atoms with Crippen molar-refractivity contribution < 1.29 is 23.8 Å². The molecule has 1 N–H and O–H groups in total. The molecular weight excluding hydrogens is 445 g/mol. The molecule has 0 radical (unpaired) electrons. The number of hydrogen-bond acceptors (Lipinski definition) is 7. The Balaban J connectivity index is 1.86. The molecule has 0 saturated carbocycles. The van der Waals surface area contributed by atoms with E-state index in [-0.39, 0.29) is 32.1 Å². The number of para-hydroxylation sites is 1. The van der Waals surface area contributed by atoms with E-state index in [4.69, 9.17) is 22.1 Å². The highest BCUT2D eigenvalue weighted by molar-refractivity contribution is 8.26. The summed E-state index contributed by atoms with van der Waals surface area (Å²) in [6.45, 7) is -0.602. The van der Waals surface area contributed by atoms with Gasteiger partial charge in [-0.2, -0.15) is 4.98 Å². The number of nitrogens with zero attached hydrogens (tertiary/aromatic N) is 3. The van der Waals surface area contributed by atoms with Crippen LogP contribution in [-0.4, -0.2) is 42.1 Å². The smallest absolute Gasteiger partial charge is 0.323 e. The average Bonchev–Trinajstić information content (AvgIpc) is 2.99. The van der Waals surface area contributed by atoms with Gasteiger partial charge in [0.15, 0.2) is 11.6 Å². The number of aromatic nitrogens is 2. The number of hydrogen-bond donors (Lipinski definition) is 1. The topological polar surface area (TPSA) is 101 Å². The monoisotopic (exact) mass is 457 g/mol. The number of rotatable bonds is 5. The summed E-state index contributed by atoms with van der Waals surface area (Å²) in [5, 5.41) is 8.98. The molecule has 1 aromatic carbocycles. The van der Waals surface area contributed by atoms with Gasteiger partial charge in [0.2, 0.25) is 5.88 Å². The Bertz CT molecular complexity index is 1340. The van der Waals surface area contributed by atoms with Gasteiger partial charge in [0.25, 0.3) is 11.5 Å². The first-order chi connectivity index (χ1) is 14.8. The summed E-state index contributed by atoms with van der Waals surface area (Å²) in [5.41, 5.74) is -0.405. The number of aliphatic carboxylic acids is 1. The van der Waals surface area contributed by atoms with Crippen molar-refractivity contribution in [1.29, 1.82) is 0 Å². The summed E-state index contributed by atoms with van der Waals surface area (Å²) in [6.07, 6.45) is 2.72. The number of carbonyl (C=O) groups excluding carboxylic acids is 1. The number of amides is 1. The number of halogens is 1. The molecule has 1 fully saturated rings. The first kappa shape index (κ1) is 20.7. The number of benzene rings is 1. The number of thioether (sulfide) groups is 1. The van der Waals surface area contributed by atoms with Gasteiger partial charge >= 0.3 is 5.97 Å². The SMILES string of the molecule is O=C(O)CN1C(=O)C(=Cc2c(Oc3ccccc3F)nc3ccccn3c2=O)SC1=S. The lowest BCUT2D eigenvalue weighted by molar-refractivity contribution is -0.140. The van der Waals surface area contributed by atoms with Crippen molar-refractivity contribution in [1.82, 2.24) is 14.3 Å². The molecule has 156 valence electrons. The van der Waals surface area contributed by atoms with E-state index in [0.717, 1.165) is 16.7 Å². The van der Waals surface area contributed by atoms with E-state index in [2.05, 4.69) is 4.98 Å². The van der Waals surface area contributed by atoms with Crippen LogP contribution in [0.25, 0.3) is 11.7 Å². The Morgan fingerprint density at radius 1 is 1.23 bits per heavy atom. The lowest BCUT2D eigenvalue weighted by Crippen LogP contribution is -2.33. The number of fused-ring (bicyclic) bond motifs is 1. The Kier molecular flexibility index (Phi) is 5.53. The van der Waals surface area contributed by atoms with Crippen LogP contribution in [0.5, 0.6) is 11.6 Å². The van der Waals surface area contributed by atoms with Crippen LogP contribution in [0.2, 0.25) is 0 Å². The fraction of sp³-hybridized carbons (Fsp3) is 0.0500. The fourth-order valence-electron chi connectivity index (χ4n) is 2.82. The second kappa shape index (κ2) is 8.28. The Morgan fingerprint density at radius 3 is 2.71 bits per heavy atom. The minimum atomic E-state index is -1.23. The average molecular weight is 457 g/mol. The lowest BCUT2D eigenvalue weighted by Gasteiger charge is -2.11. The zero-order valence-electron chi connectivity index (χ0n) is 15.5. The molecule has 0 aliphatic carbocycles. The van der Waals surface area contributed by atoms with Gasteiger partial charge in [0.05, 0.1) is 4.91 Å². The number of ether oxygens (including phenoxy) is 1. The van der Waals surface area contributed by atoms with E-state index in [1.54, 1.807) is 24.3 Å². The van der Waals surface area contributed by atoms with E-state index in [1.165, 1.54) is 34.9 Å². The molecule has 0 unspecified atom stereocenters. The maximum absolute atomic E-state index is 14.1. The number of thiocarbonyl (C=S) groups is 1. The Hall–Kier alpha value is -3.57. The first-order valence-electron chi connectivity index (χ1n) is 8.76. The summed E-state index contributed by atoms with van der Waals surface area (Å²) in [5.74, 6) is -2.90. The molecular formula is C20H12FN3O5S2. The maximum atomic E-state index is 14.1. The second-order valence-electron chi connectivity index (χ2n) is 6.26. The number of carbonyl (C=O) groups is 2. The number of pyridine rings is 1. The minimum Gasteiger partial charge on any atom is -0.480 e. The highest BCUT2D eigenvalue weighted by Crippen LogP contribution is 2.34. The van der Waals surface area contributed by atoms with E-state index < -0.39 is 29.8 Å². The molecule has 4 rings (SSSR count). The van der Waals surface area contributed by atoms with Crippen LogP contribution in [0.3, 0.4) is 0 Å². The summed E-state index contributed by atoms with van der Waals surface area (Å²) >= 11 is 5.93. The third-order valence-corrected chi connectivity index (χ3v) is 5.60. The molecule has 0 bridgehead atoms. The highest BCUT2D eigenvalue weighted by atomic mass is 32.2. The van der Waals surface area contributed by atoms with Crippen molar-refractivity contribution in [2.75, 3.05) is 6.54 Å². The zero-order valence-corrected chi connectivity index (χ0v) is 17.2. The van der Waals surface area contributed by atoms with Crippen LogP contribution < -0.4 is 10.3 Å². The van der Waals surface area contributed by atoms with Crippen molar-refractivity contribution in [2.24, 2.45) is 0 Å². The molecule has 1 amide bonds. The van der Waals surface area contributed by atoms with Crippen LogP contribution >= 0.6 is 24.0 Å². The van der Waals surface area contributed by atoms with Crippen molar-refractivity contribution in [3.05, 3.63) is 75.3 Å². The van der Waals surface area contributed by atoms with Gasteiger partial charge in [0.1, 0.15) is 22.1 Å². The van der Waals surface area contributed by atoms with Crippen molar-refractivity contribution in [2.45, 2.75) is 0 Å². The van der Waals surface area contributed by atoms with Gasteiger partial charge in [-0.3, -0.25) is 23.7 Å². The van der Waals surface area contributed by atoms with E-state index >= 15 is 0 Å². The fourth-order valence-corrected chi connectivity index (χ4v) is 4.05. The Morgan fingerprint density at radius 2 is 1.97 bits per heavy atom. The largest absolute Gasteiger partial charge is 0.480 e. The molecule has 0 atom stereocenters.